The summed E-state index contributed by atoms with van der Waals surface area (Å²) in [4.78, 5) is 25.2. The molecule has 1 fully saturated rings. The van der Waals surface area contributed by atoms with E-state index in [1.54, 1.807) is 30.3 Å². The lowest BCUT2D eigenvalue weighted by atomic mass is 10.1. The first-order valence-electron chi connectivity index (χ1n) is 13.1. The molecule has 0 unspecified atom stereocenters. The van der Waals surface area contributed by atoms with Crippen LogP contribution in [0.1, 0.15) is 81.4 Å². The summed E-state index contributed by atoms with van der Waals surface area (Å²) in [5.74, 6) is 2.31. The molecule has 0 saturated carbocycles. The predicted octanol–water partition coefficient (Wildman–Crippen LogP) is 5.79. The lowest BCUT2D eigenvalue weighted by molar-refractivity contribution is -0.163. The number of esters is 2. The van der Waals surface area contributed by atoms with E-state index in [-0.39, 0.29) is 18.8 Å². The minimum atomic E-state index is -1.25. The van der Waals surface area contributed by atoms with Crippen molar-refractivity contribution in [3.05, 3.63) is 70.3 Å². The first-order chi connectivity index (χ1) is 18.4. The molecule has 1 heterocycles. The lowest BCUT2D eigenvalue weighted by Gasteiger charge is -2.14. The van der Waals surface area contributed by atoms with Crippen LogP contribution in [-0.2, 0) is 35.0 Å². The van der Waals surface area contributed by atoms with E-state index in [1.165, 1.54) is 6.07 Å². The van der Waals surface area contributed by atoms with E-state index in [2.05, 4.69) is 11.8 Å². The van der Waals surface area contributed by atoms with Crippen molar-refractivity contribution in [3.63, 3.8) is 0 Å². The Kier molecular flexibility index (Phi) is 11.3. The molecule has 0 bridgehead atoms. The van der Waals surface area contributed by atoms with E-state index >= 15 is 0 Å². The second kappa shape index (κ2) is 14.6. The Labute approximate surface area is 222 Å². The van der Waals surface area contributed by atoms with Crippen molar-refractivity contribution < 1.29 is 37.3 Å². The molecule has 2 atom stereocenters. The Hall–Kier alpha value is -3.28. The van der Waals surface area contributed by atoms with Gasteiger partial charge in [0.05, 0.1) is 18.8 Å². The van der Waals surface area contributed by atoms with Crippen LogP contribution in [0.25, 0.3) is 0 Å². The minimum absolute atomic E-state index is 0.0252. The van der Waals surface area contributed by atoms with Gasteiger partial charge in [0.2, 0.25) is 0 Å². The summed E-state index contributed by atoms with van der Waals surface area (Å²) in [5.41, 5.74) is 1.40. The number of hydrogen-bond acceptors (Lipinski definition) is 6. The zero-order valence-electron chi connectivity index (χ0n) is 22.1. The summed E-state index contributed by atoms with van der Waals surface area (Å²) < 4.78 is 50.7. The standard InChI is InChI=1S/C30H34F2O6/c1-4-7-18-35-28(33)26-27(29(34)36-19-8-5-2)38-30(37-26)23-14-11-20(12-15-23)10-13-22-17-16-21(9-6-3)24(31)25(22)32/h11-12,14-17,26-27,30H,4-9,18-19H2,1-3H3/t26-,27-/m1/s1. The normalized spacial score (nSPS) is 17.1. The highest BCUT2D eigenvalue weighted by molar-refractivity contribution is 5.86. The van der Waals surface area contributed by atoms with Crippen molar-refractivity contribution in [2.24, 2.45) is 0 Å². The van der Waals surface area contributed by atoms with Crippen LogP contribution in [0.4, 0.5) is 8.78 Å². The molecule has 1 saturated heterocycles. The van der Waals surface area contributed by atoms with Crippen LogP contribution in [0.2, 0.25) is 0 Å². The second-order valence-electron chi connectivity index (χ2n) is 9.01. The number of ether oxygens (including phenoxy) is 4. The smallest absolute Gasteiger partial charge is 0.338 e. The molecule has 1 aliphatic heterocycles. The Morgan fingerprint density at radius 2 is 1.37 bits per heavy atom. The maximum absolute atomic E-state index is 14.4. The fourth-order valence-electron chi connectivity index (χ4n) is 3.77. The number of carbonyl (C=O) groups is 2. The fourth-order valence-corrected chi connectivity index (χ4v) is 3.77. The van der Waals surface area contributed by atoms with Gasteiger partial charge >= 0.3 is 11.9 Å². The average Bonchev–Trinajstić information content (AvgIpc) is 3.37. The van der Waals surface area contributed by atoms with E-state index in [0.717, 1.165) is 12.8 Å². The number of benzene rings is 2. The number of unbranched alkanes of at least 4 members (excludes halogenated alkanes) is 2. The third kappa shape index (κ3) is 7.62. The average molecular weight is 529 g/mol. The number of halogens is 2. The topological polar surface area (TPSA) is 71.1 Å². The highest BCUT2D eigenvalue weighted by Crippen LogP contribution is 2.33. The monoisotopic (exact) mass is 528 g/mol. The molecule has 8 heteroatoms. The Morgan fingerprint density at radius 3 is 1.89 bits per heavy atom. The van der Waals surface area contributed by atoms with Gasteiger partial charge < -0.3 is 18.9 Å². The van der Waals surface area contributed by atoms with Gasteiger partial charge in [0, 0.05) is 11.1 Å². The summed E-state index contributed by atoms with van der Waals surface area (Å²) in [6, 6.07) is 9.69. The molecule has 0 aromatic heterocycles. The highest BCUT2D eigenvalue weighted by atomic mass is 19.2. The molecule has 6 nitrogen and oxygen atoms in total. The SMILES string of the molecule is CCCCOC(=O)[C@@H]1OC(c2ccc(C#Cc3ccc(CCC)c(F)c3F)cc2)O[C@H]1C(=O)OCCCC. The van der Waals surface area contributed by atoms with Gasteiger partial charge in [-0.1, -0.05) is 70.1 Å². The quantitative estimate of drug-likeness (QED) is 0.209. The molecule has 0 N–H and O–H groups in total. The zero-order valence-corrected chi connectivity index (χ0v) is 22.1. The number of carbonyl (C=O) groups excluding carboxylic acids is 2. The molecule has 0 radical (unpaired) electrons. The summed E-state index contributed by atoms with van der Waals surface area (Å²) in [6.07, 6.45) is 0.747. The van der Waals surface area contributed by atoms with Crippen molar-refractivity contribution in [3.8, 4) is 11.8 Å². The van der Waals surface area contributed by atoms with Crippen LogP contribution in [0.3, 0.4) is 0 Å². The Morgan fingerprint density at radius 1 is 0.789 bits per heavy atom. The second-order valence-corrected chi connectivity index (χ2v) is 9.01. The van der Waals surface area contributed by atoms with Gasteiger partial charge in [-0.05, 0) is 43.0 Å². The molecular formula is C30H34F2O6. The van der Waals surface area contributed by atoms with Crippen molar-refractivity contribution in [1.29, 1.82) is 0 Å². The van der Waals surface area contributed by atoms with E-state index in [1.807, 2.05) is 20.8 Å². The molecule has 1 aliphatic rings. The van der Waals surface area contributed by atoms with Crippen LogP contribution in [-0.4, -0.2) is 37.4 Å². The first kappa shape index (κ1) is 29.3. The van der Waals surface area contributed by atoms with Crippen LogP contribution >= 0.6 is 0 Å². The zero-order chi connectivity index (χ0) is 27.5. The van der Waals surface area contributed by atoms with E-state index < -0.39 is 42.1 Å². The van der Waals surface area contributed by atoms with Gasteiger partial charge in [0.15, 0.2) is 30.1 Å². The largest absolute Gasteiger partial charge is 0.464 e. The molecular weight excluding hydrogens is 494 g/mol. The van der Waals surface area contributed by atoms with Crippen molar-refractivity contribution in [2.45, 2.75) is 77.8 Å². The predicted molar refractivity (Wildman–Crippen MR) is 137 cm³/mol. The maximum atomic E-state index is 14.4. The van der Waals surface area contributed by atoms with Gasteiger partial charge in [-0.2, -0.15) is 0 Å². The molecule has 3 rings (SSSR count). The molecule has 0 amide bonds. The summed E-state index contributed by atoms with van der Waals surface area (Å²) in [7, 11) is 0. The molecule has 2 aromatic rings. The van der Waals surface area contributed by atoms with Gasteiger partial charge in [-0.3, -0.25) is 0 Å². The van der Waals surface area contributed by atoms with E-state index in [9.17, 15) is 18.4 Å². The minimum Gasteiger partial charge on any atom is -0.464 e. The molecule has 38 heavy (non-hydrogen) atoms. The van der Waals surface area contributed by atoms with E-state index in [4.69, 9.17) is 18.9 Å². The van der Waals surface area contributed by atoms with Gasteiger partial charge in [-0.15, -0.1) is 0 Å². The Balaban J connectivity index is 1.72. The molecule has 0 spiro atoms. The van der Waals surface area contributed by atoms with Crippen molar-refractivity contribution in [2.75, 3.05) is 13.2 Å². The number of rotatable bonds is 11. The van der Waals surface area contributed by atoms with Gasteiger partial charge in [0.1, 0.15) is 0 Å². The third-order valence-corrected chi connectivity index (χ3v) is 5.97. The maximum Gasteiger partial charge on any atom is 0.338 e. The Bertz CT molecular complexity index is 1120. The molecule has 0 aliphatic carbocycles. The van der Waals surface area contributed by atoms with E-state index in [0.29, 0.717) is 42.4 Å². The highest BCUT2D eigenvalue weighted by Gasteiger charge is 2.47. The van der Waals surface area contributed by atoms with Crippen LogP contribution < -0.4 is 0 Å². The first-order valence-corrected chi connectivity index (χ1v) is 13.1. The van der Waals surface area contributed by atoms with Crippen LogP contribution in [0, 0.1) is 23.5 Å². The fraction of sp³-hybridized carbons (Fsp3) is 0.467. The third-order valence-electron chi connectivity index (χ3n) is 5.97. The van der Waals surface area contributed by atoms with Gasteiger partial charge in [0.25, 0.3) is 0 Å². The summed E-state index contributed by atoms with van der Waals surface area (Å²) in [5, 5.41) is 0. The van der Waals surface area contributed by atoms with Gasteiger partial charge in [-0.25, -0.2) is 18.4 Å². The van der Waals surface area contributed by atoms with Crippen molar-refractivity contribution >= 4 is 11.9 Å². The summed E-state index contributed by atoms with van der Waals surface area (Å²) >= 11 is 0. The van der Waals surface area contributed by atoms with Crippen LogP contribution in [0.15, 0.2) is 36.4 Å². The number of aryl methyl sites for hydroxylation is 1. The van der Waals surface area contributed by atoms with Crippen LogP contribution in [0.5, 0.6) is 0 Å². The van der Waals surface area contributed by atoms with Crippen molar-refractivity contribution in [1.82, 2.24) is 0 Å². The summed E-state index contributed by atoms with van der Waals surface area (Å²) in [6.45, 7) is 6.28. The number of hydrogen-bond donors (Lipinski definition) is 0. The molecule has 2 aromatic carbocycles. The lowest BCUT2D eigenvalue weighted by Crippen LogP contribution is -2.39. The molecule has 204 valence electrons.